The molecule has 2 aliphatic rings. The number of fused-ring (bicyclic) bond motifs is 14. The van der Waals surface area contributed by atoms with Crippen LogP contribution in [0.2, 0.25) is 0 Å². The minimum Gasteiger partial charge on any atom is -0.456 e. The molecule has 4 nitrogen and oxygen atoms in total. The van der Waals surface area contributed by atoms with Gasteiger partial charge in [-0.15, -0.1) is 0 Å². The molecule has 0 bridgehead atoms. The van der Waals surface area contributed by atoms with Gasteiger partial charge in [0.15, 0.2) is 0 Å². The van der Waals surface area contributed by atoms with Crippen LogP contribution in [0.25, 0.3) is 144 Å². The Balaban J connectivity index is 0.964. The fourth-order valence-corrected chi connectivity index (χ4v) is 15.7. The Morgan fingerprint density at radius 1 is 0.312 bits per heavy atom. The van der Waals surface area contributed by atoms with E-state index in [-0.39, 0.29) is 12.1 Å². The summed E-state index contributed by atoms with van der Waals surface area (Å²) in [6, 6.07) is 115. The molecule has 0 saturated heterocycles. The van der Waals surface area contributed by atoms with E-state index in [2.05, 4.69) is 344 Å². The van der Waals surface area contributed by atoms with Crippen molar-refractivity contribution in [3.8, 4) is 78.1 Å². The molecule has 14 aromatic carbocycles. The van der Waals surface area contributed by atoms with Crippen LogP contribution in [0.3, 0.4) is 0 Å². The third-order valence-electron chi connectivity index (χ3n) is 20.0. The molecule has 0 N–H and O–H groups in total. The van der Waals surface area contributed by atoms with Crippen molar-refractivity contribution in [1.29, 1.82) is 0 Å². The first-order valence-electron chi connectivity index (χ1n) is 32.4. The molecule has 0 aliphatic carbocycles. The molecule has 0 saturated carbocycles. The summed E-state index contributed by atoms with van der Waals surface area (Å²) in [6.07, 6.45) is 0. The Kier molecular flexibility index (Phi) is 11.7. The number of hydrogen-bond acceptors (Lipinski definition) is 2. The Morgan fingerprint density at radius 2 is 0.806 bits per heavy atom. The van der Waals surface area contributed by atoms with E-state index in [1.807, 2.05) is 0 Å². The lowest BCUT2D eigenvalue weighted by Crippen LogP contribution is -2.60. The predicted octanol–water partition coefficient (Wildman–Crippen LogP) is 21.7. The van der Waals surface area contributed by atoms with Crippen LogP contribution >= 0.6 is 0 Å². The highest BCUT2D eigenvalue weighted by Gasteiger charge is 2.45. The van der Waals surface area contributed by atoms with E-state index in [0.717, 1.165) is 78.1 Å². The third-order valence-corrected chi connectivity index (χ3v) is 20.0. The third kappa shape index (κ3) is 8.19. The summed E-state index contributed by atoms with van der Waals surface area (Å²) in [5.74, 6) is 0. The van der Waals surface area contributed by atoms with Gasteiger partial charge < -0.3 is 18.5 Å². The fourth-order valence-electron chi connectivity index (χ4n) is 15.7. The van der Waals surface area contributed by atoms with Gasteiger partial charge in [0.05, 0.1) is 27.8 Å². The van der Waals surface area contributed by atoms with Crippen molar-refractivity contribution < 1.29 is 4.42 Å². The number of benzene rings is 14. The Hall–Kier alpha value is -11.7. The SMILES string of the molecule is CC(C)(C)c1cc2c3c(c1)-n1c4ccccc4c4c5c6cc(-c7ccccc7)ccc6n(-c6ccccc6)c5cc(c41)B3c1cc3oc4cc(-c5ccccc5)ccc4c3cc1N2c1c(-c2ccc(-c3ccccc3)cc2)cccc1-c1ccc(-c2ccccc2)cc1. The number of rotatable bonds is 8. The summed E-state index contributed by atoms with van der Waals surface area (Å²) in [5.41, 5.74) is 30.9. The van der Waals surface area contributed by atoms with Crippen LogP contribution in [0.1, 0.15) is 26.3 Å². The van der Waals surface area contributed by atoms with Gasteiger partial charge in [-0.2, -0.15) is 0 Å². The van der Waals surface area contributed by atoms with E-state index < -0.39 is 0 Å². The van der Waals surface area contributed by atoms with Gasteiger partial charge in [0.1, 0.15) is 11.2 Å². The highest BCUT2D eigenvalue weighted by atomic mass is 16.3. The van der Waals surface area contributed by atoms with Gasteiger partial charge >= 0.3 is 0 Å². The average Bonchev–Trinajstić information content (AvgIpc) is 1.59. The maximum atomic E-state index is 7.29. The van der Waals surface area contributed by atoms with Gasteiger partial charge in [0.25, 0.3) is 6.71 Å². The molecule has 5 heteroatoms. The van der Waals surface area contributed by atoms with Crippen LogP contribution < -0.4 is 21.3 Å². The molecule has 0 amide bonds. The highest BCUT2D eigenvalue weighted by molar-refractivity contribution is 7.00. The topological polar surface area (TPSA) is 26.2 Å². The molecule has 2 aliphatic heterocycles. The predicted molar refractivity (Wildman–Crippen MR) is 393 cm³/mol. The number of anilines is 3. The van der Waals surface area contributed by atoms with Crippen LogP contribution in [0.5, 0.6) is 0 Å². The summed E-state index contributed by atoms with van der Waals surface area (Å²) < 4.78 is 12.5. The number of hydrogen-bond donors (Lipinski definition) is 0. The molecule has 93 heavy (non-hydrogen) atoms. The molecule has 19 rings (SSSR count). The first kappa shape index (κ1) is 53.2. The van der Waals surface area contributed by atoms with Crippen LogP contribution in [-0.4, -0.2) is 15.8 Å². The van der Waals surface area contributed by atoms with Gasteiger partial charge in [0, 0.05) is 66.2 Å². The molecular weight excluding hydrogens is 1130 g/mol. The van der Waals surface area contributed by atoms with Crippen molar-refractivity contribution in [1.82, 2.24) is 9.13 Å². The molecule has 0 atom stereocenters. The molecule has 0 fully saturated rings. The van der Waals surface area contributed by atoms with Gasteiger partial charge in [-0.3, -0.25) is 0 Å². The monoisotopic (exact) mass is 1190 g/mol. The van der Waals surface area contributed by atoms with E-state index in [4.69, 9.17) is 4.42 Å². The Bertz CT molecular complexity index is 5760. The Labute approximate surface area is 540 Å². The van der Waals surface area contributed by atoms with Gasteiger partial charge in [-0.1, -0.05) is 257 Å². The summed E-state index contributed by atoms with van der Waals surface area (Å²) >= 11 is 0. The standard InChI is InChI=1S/C88H60BN3O/c1-88(2,3)65-50-79-85-80(51-65)92(86-67(61-40-36-59(37-41-61)55-22-9-4-10-23-55)33-21-34-68(86)62-42-38-60(39-43-62)56-24-11-5-12-25-56)77-52-71-69-46-44-64(58-28-15-7-16-29-58)49-81(69)93-82(71)54-73(77)89(85)74-53-78-83(84-70-32-19-20-35-75(70)91(79)87(74)84)72-48-63(57-26-13-6-14-27-57)45-47-76(72)90(78)66-30-17-8-18-31-66/h4-54H,1-3H3. The molecule has 0 spiro atoms. The van der Waals surface area contributed by atoms with Gasteiger partial charge in [0.2, 0.25) is 0 Å². The van der Waals surface area contributed by atoms with Crippen LogP contribution in [-0.2, 0) is 5.41 Å². The van der Waals surface area contributed by atoms with Crippen molar-refractivity contribution in [2.75, 3.05) is 4.90 Å². The number of nitrogens with zero attached hydrogens (tertiary/aromatic N) is 3. The van der Waals surface area contributed by atoms with Crippen molar-refractivity contribution in [3.05, 3.63) is 315 Å². The smallest absolute Gasteiger partial charge is 0.252 e. The maximum Gasteiger partial charge on any atom is 0.252 e. The van der Waals surface area contributed by atoms with Crippen molar-refractivity contribution in [2.45, 2.75) is 26.2 Å². The first-order valence-corrected chi connectivity index (χ1v) is 32.4. The molecule has 0 radical (unpaired) electrons. The number of aromatic nitrogens is 2. The van der Waals surface area contributed by atoms with Crippen LogP contribution in [0, 0.1) is 0 Å². The summed E-state index contributed by atoms with van der Waals surface area (Å²) in [5, 5.41) is 7.14. The number of para-hydroxylation sites is 3. The van der Waals surface area contributed by atoms with Crippen molar-refractivity contribution >= 4 is 106 Å². The second-order valence-corrected chi connectivity index (χ2v) is 26.3. The maximum absolute atomic E-state index is 7.29. The molecule has 0 unspecified atom stereocenters. The van der Waals surface area contributed by atoms with E-state index in [9.17, 15) is 0 Å². The van der Waals surface area contributed by atoms with E-state index in [0.29, 0.717) is 0 Å². The molecule has 436 valence electrons. The van der Waals surface area contributed by atoms with Gasteiger partial charge in [-0.25, -0.2) is 0 Å². The minimum absolute atomic E-state index is 0.232. The van der Waals surface area contributed by atoms with E-state index in [1.165, 1.54) is 105 Å². The quantitative estimate of drug-likeness (QED) is 0.142. The summed E-state index contributed by atoms with van der Waals surface area (Å²) in [4.78, 5) is 2.68. The van der Waals surface area contributed by atoms with Crippen molar-refractivity contribution in [3.63, 3.8) is 0 Å². The second kappa shape index (κ2) is 20.4. The largest absolute Gasteiger partial charge is 0.456 e. The minimum atomic E-state index is -0.250. The lowest BCUT2D eigenvalue weighted by atomic mass is 9.33. The summed E-state index contributed by atoms with van der Waals surface area (Å²) in [7, 11) is 0. The Morgan fingerprint density at radius 3 is 1.42 bits per heavy atom. The molecule has 3 aromatic heterocycles. The van der Waals surface area contributed by atoms with Gasteiger partial charge in [-0.05, 0) is 156 Å². The van der Waals surface area contributed by atoms with Crippen molar-refractivity contribution in [2.24, 2.45) is 0 Å². The normalized spacial score (nSPS) is 12.6. The second-order valence-electron chi connectivity index (χ2n) is 26.3. The molecular formula is C88H60BN3O. The number of furan rings is 1. The highest BCUT2D eigenvalue weighted by Crippen LogP contribution is 2.52. The fraction of sp³-hybridized carbons (Fsp3) is 0.0455. The first-order chi connectivity index (χ1) is 45.8. The lowest BCUT2D eigenvalue weighted by molar-refractivity contribution is 0.590. The van der Waals surface area contributed by atoms with Crippen LogP contribution in [0.4, 0.5) is 17.1 Å². The van der Waals surface area contributed by atoms with Crippen LogP contribution in [0.15, 0.2) is 314 Å². The summed E-state index contributed by atoms with van der Waals surface area (Å²) in [6.45, 7) is 6.89. The molecule has 17 aromatic rings. The average molecular weight is 1190 g/mol. The zero-order valence-corrected chi connectivity index (χ0v) is 51.8. The lowest BCUT2D eigenvalue weighted by Gasteiger charge is -2.42. The molecule has 5 heterocycles. The van der Waals surface area contributed by atoms with E-state index >= 15 is 0 Å². The van der Waals surface area contributed by atoms with E-state index in [1.54, 1.807) is 0 Å². The zero-order chi connectivity index (χ0) is 61.6. The zero-order valence-electron chi connectivity index (χ0n) is 51.8.